The van der Waals surface area contributed by atoms with Crippen LogP contribution in [0.5, 0.6) is 0 Å². The van der Waals surface area contributed by atoms with E-state index < -0.39 is 6.10 Å². The lowest BCUT2D eigenvalue weighted by Gasteiger charge is -2.34. The minimum atomic E-state index is -0.586. The average Bonchev–Trinajstić information content (AvgIpc) is 2.92. The lowest BCUT2D eigenvalue weighted by molar-refractivity contribution is -0.120. The Bertz CT molecular complexity index is 850. The topological polar surface area (TPSA) is 78.4 Å². The maximum absolute atomic E-state index is 12.8. The fourth-order valence-corrected chi connectivity index (χ4v) is 4.41. The molecule has 0 spiro atoms. The molecule has 5 heteroatoms. The summed E-state index contributed by atoms with van der Waals surface area (Å²) in [6, 6.07) is 17.6. The molecular weight excluding hydrogens is 376 g/mol. The molecule has 1 aliphatic carbocycles. The van der Waals surface area contributed by atoms with Crippen LogP contribution in [-0.2, 0) is 16.6 Å². The van der Waals surface area contributed by atoms with Crippen LogP contribution >= 0.6 is 0 Å². The van der Waals surface area contributed by atoms with Crippen LogP contribution in [0.3, 0.4) is 0 Å². The van der Waals surface area contributed by atoms with Gasteiger partial charge in [0.15, 0.2) is 0 Å². The van der Waals surface area contributed by atoms with Crippen LogP contribution in [0.25, 0.3) is 0 Å². The smallest absolute Gasteiger partial charge is 0.251 e. The minimum absolute atomic E-state index is 0.0869. The van der Waals surface area contributed by atoms with Crippen LogP contribution in [0.2, 0.25) is 0 Å². The molecule has 0 unspecified atom stereocenters. The Morgan fingerprint density at radius 2 is 1.70 bits per heavy atom. The van der Waals surface area contributed by atoms with Crippen LogP contribution in [-0.4, -0.2) is 35.6 Å². The first-order valence-corrected chi connectivity index (χ1v) is 10.8. The number of hydrogen-bond donors (Lipinski definition) is 3. The zero-order valence-electron chi connectivity index (χ0n) is 17.9. The van der Waals surface area contributed by atoms with Gasteiger partial charge in [-0.25, -0.2) is 0 Å². The lowest BCUT2D eigenvalue weighted by atomic mass is 9.74. The Morgan fingerprint density at radius 1 is 1.03 bits per heavy atom. The van der Waals surface area contributed by atoms with Gasteiger partial charge in [-0.2, -0.15) is 0 Å². The van der Waals surface area contributed by atoms with E-state index in [1.165, 1.54) is 12.5 Å². The molecule has 3 rings (SSSR count). The van der Waals surface area contributed by atoms with Gasteiger partial charge in [-0.1, -0.05) is 49.4 Å². The van der Waals surface area contributed by atoms with Crippen molar-refractivity contribution in [1.82, 2.24) is 10.6 Å². The van der Waals surface area contributed by atoms with Crippen LogP contribution in [0.15, 0.2) is 54.6 Å². The van der Waals surface area contributed by atoms with E-state index >= 15 is 0 Å². The molecule has 0 heterocycles. The Morgan fingerprint density at radius 3 is 2.33 bits per heavy atom. The van der Waals surface area contributed by atoms with Gasteiger partial charge in [0.1, 0.15) is 0 Å². The molecule has 0 aromatic heterocycles. The Labute approximate surface area is 178 Å². The number of carbonyl (C=O) groups excluding carboxylic acids is 2. The van der Waals surface area contributed by atoms with E-state index in [0.29, 0.717) is 24.9 Å². The molecule has 2 amide bonds. The highest BCUT2D eigenvalue weighted by Gasteiger charge is 2.38. The van der Waals surface area contributed by atoms with E-state index in [0.717, 1.165) is 24.8 Å². The largest absolute Gasteiger partial charge is 0.391 e. The van der Waals surface area contributed by atoms with Crippen LogP contribution in [0.4, 0.5) is 0 Å². The summed E-state index contributed by atoms with van der Waals surface area (Å²) < 4.78 is 0. The number of amides is 2. The average molecular weight is 409 g/mol. The van der Waals surface area contributed by atoms with E-state index in [9.17, 15) is 14.7 Å². The molecule has 1 fully saturated rings. The van der Waals surface area contributed by atoms with Crippen LogP contribution in [0, 0.1) is 0 Å². The number of aliphatic hydroxyl groups excluding tert-OH is 1. The number of hydrogen-bond acceptors (Lipinski definition) is 3. The SMILES string of the molecule is CCc1ccc(C(=O)NC[C@]2(c3ccccc3)CC[C@H](NC(C)=O)[C@@H](O)CC2)cc1. The molecule has 3 N–H and O–H groups in total. The molecule has 0 bridgehead atoms. The predicted molar refractivity (Wildman–Crippen MR) is 118 cm³/mol. The first-order chi connectivity index (χ1) is 14.4. The standard InChI is InChI=1S/C25H32N2O3/c1-3-19-9-11-20(12-10-19)24(30)26-17-25(21-7-5-4-6-8-21)15-13-22(27-18(2)28)23(29)14-16-25/h4-12,22-23,29H,3,13-17H2,1-2H3,(H,26,30)(H,27,28)/t22-,23-,25-/m0/s1. The second-order valence-electron chi connectivity index (χ2n) is 8.33. The van der Waals surface area contributed by atoms with Crippen molar-refractivity contribution in [2.45, 2.75) is 63.5 Å². The molecule has 1 saturated carbocycles. The molecule has 1 aliphatic rings. The van der Waals surface area contributed by atoms with E-state index in [-0.39, 0.29) is 23.3 Å². The number of nitrogens with one attached hydrogen (secondary N) is 2. The Kier molecular flexibility index (Phi) is 7.27. The van der Waals surface area contributed by atoms with E-state index in [2.05, 4.69) is 29.7 Å². The number of benzene rings is 2. The number of carbonyl (C=O) groups is 2. The van der Waals surface area contributed by atoms with E-state index in [1.54, 1.807) is 0 Å². The molecule has 160 valence electrons. The summed E-state index contributed by atoms with van der Waals surface area (Å²) in [5, 5.41) is 16.6. The fraction of sp³-hybridized carbons (Fsp3) is 0.440. The molecule has 5 nitrogen and oxygen atoms in total. The molecule has 0 saturated heterocycles. The Balaban J connectivity index is 1.79. The van der Waals surface area contributed by atoms with Gasteiger partial charge in [0.2, 0.25) is 5.91 Å². The van der Waals surface area contributed by atoms with Crippen molar-refractivity contribution in [2.75, 3.05) is 6.54 Å². The van der Waals surface area contributed by atoms with Crippen molar-refractivity contribution >= 4 is 11.8 Å². The summed E-state index contributed by atoms with van der Waals surface area (Å²) in [5.41, 5.74) is 2.73. The lowest BCUT2D eigenvalue weighted by Crippen LogP contribution is -2.42. The third-order valence-electron chi connectivity index (χ3n) is 6.30. The summed E-state index contributed by atoms with van der Waals surface area (Å²) in [4.78, 5) is 24.3. The van der Waals surface area contributed by atoms with Gasteiger partial charge in [0.05, 0.1) is 12.1 Å². The molecule has 3 atom stereocenters. The normalized spacial score (nSPS) is 24.0. The summed E-state index contributed by atoms with van der Waals surface area (Å²) >= 11 is 0. The maximum Gasteiger partial charge on any atom is 0.251 e. The first-order valence-electron chi connectivity index (χ1n) is 10.8. The predicted octanol–water partition coefficient (Wildman–Crippen LogP) is 3.36. The third-order valence-corrected chi connectivity index (χ3v) is 6.30. The molecule has 0 aliphatic heterocycles. The zero-order chi connectivity index (χ0) is 21.6. The van der Waals surface area contributed by atoms with Gasteiger partial charge >= 0.3 is 0 Å². The van der Waals surface area contributed by atoms with Gasteiger partial charge in [-0.3, -0.25) is 9.59 Å². The summed E-state index contributed by atoms with van der Waals surface area (Å²) in [6.45, 7) is 4.06. The van der Waals surface area contributed by atoms with Crippen molar-refractivity contribution < 1.29 is 14.7 Å². The summed E-state index contributed by atoms with van der Waals surface area (Å²) in [7, 11) is 0. The van der Waals surface area contributed by atoms with Crippen LogP contribution in [0.1, 0.15) is 61.0 Å². The van der Waals surface area contributed by atoms with Crippen molar-refractivity contribution in [2.24, 2.45) is 0 Å². The molecule has 2 aromatic carbocycles. The minimum Gasteiger partial charge on any atom is -0.391 e. The Hall–Kier alpha value is -2.66. The van der Waals surface area contributed by atoms with Gasteiger partial charge in [0.25, 0.3) is 5.91 Å². The third kappa shape index (κ3) is 5.28. The van der Waals surface area contributed by atoms with Crippen molar-refractivity contribution in [3.63, 3.8) is 0 Å². The maximum atomic E-state index is 12.8. The van der Waals surface area contributed by atoms with Gasteiger partial charge in [0, 0.05) is 24.4 Å². The van der Waals surface area contributed by atoms with Crippen molar-refractivity contribution in [3.8, 4) is 0 Å². The zero-order valence-corrected chi connectivity index (χ0v) is 17.9. The highest BCUT2D eigenvalue weighted by atomic mass is 16.3. The van der Waals surface area contributed by atoms with E-state index in [1.807, 2.05) is 42.5 Å². The second kappa shape index (κ2) is 9.90. The highest BCUT2D eigenvalue weighted by molar-refractivity contribution is 5.94. The quantitative estimate of drug-likeness (QED) is 0.642. The van der Waals surface area contributed by atoms with Gasteiger partial charge in [-0.15, -0.1) is 0 Å². The molecule has 2 aromatic rings. The second-order valence-corrected chi connectivity index (χ2v) is 8.33. The summed E-state index contributed by atoms with van der Waals surface area (Å²) in [5.74, 6) is -0.216. The number of rotatable bonds is 6. The number of aryl methyl sites for hydroxylation is 1. The van der Waals surface area contributed by atoms with Gasteiger partial charge < -0.3 is 15.7 Å². The summed E-state index contributed by atoms with van der Waals surface area (Å²) in [6.07, 6.45) is 3.10. The van der Waals surface area contributed by atoms with Gasteiger partial charge in [-0.05, 0) is 55.4 Å². The monoisotopic (exact) mass is 408 g/mol. The van der Waals surface area contributed by atoms with Crippen molar-refractivity contribution in [3.05, 3.63) is 71.3 Å². The number of aliphatic hydroxyl groups is 1. The van der Waals surface area contributed by atoms with Crippen molar-refractivity contribution in [1.29, 1.82) is 0 Å². The van der Waals surface area contributed by atoms with E-state index in [4.69, 9.17) is 0 Å². The molecule has 0 radical (unpaired) electrons. The molecular formula is C25H32N2O3. The molecule has 30 heavy (non-hydrogen) atoms. The fourth-order valence-electron chi connectivity index (χ4n) is 4.41. The highest BCUT2D eigenvalue weighted by Crippen LogP contribution is 2.38. The first kappa shape index (κ1) is 22.0. The van der Waals surface area contributed by atoms with Crippen LogP contribution < -0.4 is 10.6 Å².